The van der Waals surface area contributed by atoms with Crippen LogP contribution in [-0.2, 0) is 11.2 Å². The van der Waals surface area contributed by atoms with Gasteiger partial charge in [0.05, 0.1) is 18.2 Å². The Hall–Kier alpha value is -1.88. The molecule has 96 valence electrons. The lowest BCUT2D eigenvalue weighted by molar-refractivity contribution is -0.120. The summed E-state index contributed by atoms with van der Waals surface area (Å²) in [5, 5.41) is 12.0. The van der Waals surface area contributed by atoms with Gasteiger partial charge in [-0.05, 0) is 18.6 Å². The molecule has 0 aliphatic carbocycles. The number of aromatic nitrogens is 2. The van der Waals surface area contributed by atoms with Gasteiger partial charge in [-0.1, -0.05) is 13.0 Å². The van der Waals surface area contributed by atoms with Gasteiger partial charge in [0.15, 0.2) is 0 Å². The number of nitrogens with one attached hydrogen (secondary N) is 1. The standard InChI is InChI=1S/C13H17N3O2/c1-2-11(17)8-14-13(18)7-10-9-16-6-4-3-5-12(16)15-10/h3-6,9,11,17H,2,7-8H2,1H3,(H,14,18). The van der Waals surface area contributed by atoms with Crippen LogP contribution in [0.2, 0.25) is 0 Å². The van der Waals surface area contributed by atoms with Crippen molar-refractivity contribution in [3.63, 3.8) is 0 Å². The van der Waals surface area contributed by atoms with Crippen LogP contribution >= 0.6 is 0 Å². The highest BCUT2D eigenvalue weighted by atomic mass is 16.3. The van der Waals surface area contributed by atoms with E-state index in [1.165, 1.54) is 0 Å². The molecular formula is C13H17N3O2. The van der Waals surface area contributed by atoms with Crippen molar-refractivity contribution in [2.24, 2.45) is 0 Å². The third-order valence-corrected chi connectivity index (χ3v) is 2.76. The summed E-state index contributed by atoms with van der Waals surface area (Å²) in [6, 6.07) is 5.71. The van der Waals surface area contributed by atoms with Crippen molar-refractivity contribution in [2.75, 3.05) is 6.54 Å². The molecule has 2 aromatic rings. The summed E-state index contributed by atoms with van der Waals surface area (Å²) in [5.74, 6) is -0.120. The van der Waals surface area contributed by atoms with E-state index in [4.69, 9.17) is 0 Å². The predicted molar refractivity (Wildman–Crippen MR) is 68.2 cm³/mol. The van der Waals surface area contributed by atoms with E-state index in [0.717, 1.165) is 11.3 Å². The number of rotatable bonds is 5. The van der Waals surface area contributed by atoms with E-state index in [0.29, 0.717) is 13.0 Å². The van der Waals surface area contributed by atoms with E-state index in [1.54, 1.807) is 0 Å². The largest absolute Gasteiger partial charge is 0.391 e. The Morgan fingerprint density at radius 2 is 2.39 bits per heavy atom. The quantitative estimate of drug-likeness (QED) is 0.820. The van der Waals surface area contributed by atoms with E-state index in [2.05, 4.69) is 10.3 Å². The number of amides is 1. The molecule has 1 atom stereocenters. The van der Waals surface area contributed by atoms with Crippen LogP contribution in [0.3, 0.4) is 0 Å². The molecule has 0 saturated heterocycles. The van der Waals surface area contributed by atoms with Crippen molar-refractivity contribution >= 4 is 11.6 Å². The number of aliphatic hydroxyl groups excluding tert-OH is 1. The van der Waals surface area contributed by atoms with Gasteiger partial charge in [-0.15, -0.1) is 0 Å². The molecule has 0 spiro atoms. The fourth-order valence-corrected chi connectivity index (χ4v) is 1.68. The van der Waals surface area contributed by atoms with E-state index in [1.807, 2.05) is 41.9 Å². The molecule has 0 aromatic carbocycles. The summed E-state index contributed by atoms with van der Waals surface area (Å²) in [5.41, 5.74) is 1.55. The Labute approximate surface area is 105 Å². The molecule has 2 aromatic heterocycles. The molecule has 0 fully saturated rings. The minimum atomic E-state index is -0.477. The highest BCUT2D eigenvalue weighted by Crippen LogP contribution is 2.04. The molecule has 5 heteroatoms. The summed E-state index contributed by atoms with van der Waals surface area (Å²) < 4.78 is 1.88. The Bertz CT molecular complexity index is 503. The number of nitrogens with zero attached hydrogens (tertiary/aromatic N) is 2. The zero-order valence-electron chi connectivity index (χ0n) is 10.3. The second kappa shape index (κ2) is 5.64. The number of fused-ring (bicyclic) bond motifs is 1. The van der Waals surface area contributed by atoms with E-state index in [9.17, 15) is 9.90 Å². The highest BCUT2D eigenvalue weighted by Gasteiger charge is 2.08. The first kappa shape index (κ1) is 12.6. The third-order valence-electron chi connectivity index (χ3n) is 2.76. The van der Waals surface area contributed by atoms with Gasteiger partial charge in [-0.2, -0.15) is 0 Å². The summed E-state index contributed by atoms with van der Waals surface area (Å²) in [6.07, 6.45) is 4.12. The fourth-order valence-electron chi connectivity index (χ4n) is 1.68. The van der Waals surface area contributed by atoms with Crippen LogP contribution in [0.4, 0.5) is 0 Å². The maximum Gasteiger partial charge on any atom is 0.226 e. The highest BCUT2D eigenvalue weighted by molar-refractivity contribution is 5.78. The zero-order valence-corrected chi connectivity index (χ0v) is 10.3. The molecule has 2 heterocycles. The normalized spacial score (nSPS) is 12.6. The van der Waals surface area contributed by atoms with Gasteiger partial charge >= 0.3 is 0 Å². The number of hydrogen-bond donors (Lipinski definition) is 2. The number of imidazole rings is 1. The number of pyridine rings is 1. The molecule has 18 heavy (non-hydrogen) atoms. The van der Waals surface area contributed by atoms with Gasteiger partial charge in [0.25, 0.3) is 0 Å². The van der Waals surface area contributed by atoms with E-state index in [-0.39, 0.29) is 12.3 Å². The van der Waals surface area contributed by atoms with Crippen molar-refractivity contribution in [1.29, 1.82) is 0 Å². The van der Waals surface area contributed by atoms with Gasteiger partial charge in [0, 0.05) is 18.9 Å². The maximum atomic E-state index is 11.6. The van der Waals surface area contributed by atoms with Crippen LogP contribution in [0.25, 0.3) is 5.65 Å². The smallest absolute Gasteiger partial charge is 0.226 e. The molecule has 2 N–H and O–H groups in total. The van der Waals surface area contributed by atoms with Crippen molar-refractivity contribution < 1.29 is 9.90 Å². The Morgan fingerprint density at radius 1 is 1.56 bits per heavy atom. The van der Waals surface area contributed by atoms with Gasteiger partial charge in [0.2, 0.25) is 5.91 Å². The monoisotopic (exact) mass is 247 g/mol. The predicted octanol–water partition coefficient (Wildman–Crippen LogP) is 0.764. The zero-order chi connectivity index (χ0) is 13.0. The van der Waals surface area contributed by atoms with E-state index >= 15 is 0 Å². The Balaban J connectivity index is 1.94. The van der Waals surface area contributed by atoms with Crippen molar-refractivity contribution in [1.82, 2.24) is 14.7 Å². The first-order chi connectivity index (χ1) is 8.69. The first-order valence-corrected chi connectivity index (χ1v) is 6.06. The minimum Gasteiger partial charge on any atom is -0.391 e. The van der Waals surface area contributed by atoms with Crippen LogP contribution in [0.5, 0.6) is 0 Å². The third kappa shape index (κ3) is 3.07. The van der Waals surface area contributed by atoms with Crippen LogP contribution in [-0.4, -0.2) is 33.0 Å². The summed E-state index contributed by atoms with van der Waals surface area (Å²) in [6.45, 7) is 2.17. The first-order valence-electron chi connectivity index (χ1n) is 6.06. The average molecular weight is 247 g/mol. The molecule has 5 nitrogen and oxygen atoms in total. The van der Waals surface area contributed by atoms with Crippen LogP contribution in [0, 0.1) is 0 Å². The topological polar surface area (TPSA) is 66.6 Å². The van der Waals surface area contributed by atoms with Crippen LogP contribution < -0.4 is 5.32 Å². The molecule has 0 bridgehead atoms. The molecule has 2 rings (SSSR count). The molecular weight excluding hydrogens is 230 g/mol. The number of carbonyl (C=O) groups is 1. The van der Waals surface area contributed by atoms with Crippen molar-refractivity contribution in [3.8, 4) is 0 Å². The summed E-state index contributed by atoms with van der Waals surface area (Å²) >= 11 is 0. The summed E-state index contributed by atoms with van der Waals surface area (Å²) in [7, 11) is 0. The summed E-state index contributed by atoms with van der Waals surface area (Å²) in [4.78, 5) is 16.0. The van der Waals surface area contributed by atoms with Crippen molar-refractivity contribution in [3.05, 3.63) is 36.3 Å². The van der Waals surface area contributed by atoms with Gasteiger partial charge in [0.1, 0.15) is 5.65 Å². The number of aliphatic hydroxyl groups is 1. The van der Waals surface area contributed by atoms with Crippen LogP contribution in [0.15, 0.2) is 30.6 Å². The van der Waals surface area contributed by atoms with Crippen molar-refractivity contribution in [2.45, 2.75) is 25.9 Å². The van der Waals surface area contributed by atoms with Crippen LogP contribution in [0.1, 0.15) is 19.0 Å². The van der Waals surface area contributed by atoms with E-state index < -0.39 is 6.10 Å². The lowest BCUT2D eigenvalue weighted by Crippen LogP contribution is -2.32. The second-order valence-electron chi connectivity index (χ2n) is 4.24. The van der Waals surface area contributed by atoms with Gasteiger partial charge in [-0.25, -0.2) is 4.98 Å². The molecule has 0 radical (unpaired) electrons. The van der Waals surface area contributed by atoms with Gasteiger partial charge < -0.3 is 14.8 Å². The molecule has 0 saturated carbocycles. The Morgan fingerprint density at radius 3 is 3.11 bits per heavy atom. The Kier molecular flexibility index (Phi) is 3.94. The molecule has 1 amide bonds. The number of hydrogen-bond acceptors (Lipinski definition) is 3. The minimum absolute atomic E-state index is 0.120. The van der Waals surface area contributed by atoms with Gasteiger partial charge in [-0.3, -0.25) is 4.79 Å². The molecule has 0 aliphatic rings. The lowest BCUT2D eigenvalue weighted by Gasteiger charge is -2.08. The second-order valence-corrected chi connectivity index (χ2v) is 4.24. The average Bonchev–Trinajstić information content (AvgIpc) is 2.77. The SMILES string of the molecule is CCC(O)CNC(=O)Cc1cn2ccccc2n1. The fraction of sp³-hybridized carbons (Fsp3) is 0.385. The molecule has 0 aliphatic heterocycles. The lowest BCUT2D eigenvalue weighted by atomic mass is 10.2. The molecule has 1 unspecified atom stereocenters. The maximum absolute atomic E-state index is 11.6. The number of carbonyl (C=O) groups excluding carboxylic acids is 1.